The minimum absolute atomic E-state index is 0.0448. The average Bonchev–Trinajstić information content (AvgIpc) is 2.93. The van der Waals surface area contributed by atoms with E-state index in [9.17, 15) is 4.79 Å². The molecule has 0 bridgehead atoms. The lowest BCUT2D eigenvalue weighted by Crippen LogP contribution is -2.37. The summed E-state index contributed by atoms with van der Waals surface area (Å²) in [6.45, 7) is 3.81. The zero-order valence-corrected chi connectivity index (χ0v) is 10.6. The Morgan fingerprint density at radius 3 is 3.28 bits per heavy atom. The van der Waals surface area contributed by atoms with Crippen LogP contribution in [0.4, 0.5) is 0 Å². The molecule has 0 aliphatic carbocycles. The van der Waals surface area contributed by atoms with Crippen LogP contribution in [0.2, 0.25) is 0 Å². The Kier molecular flexibility index (Phi) is 3.07. The molecule has 5 heteroatoms. The smallest absolute Gasteiger partial charge is 0.323 e. The van der Waals surface area contributed by atoms with Crippen LogP contribution in [0.1, 0.15) is 37.9 Å². The van der Waals surface area contributed by atoms with Gasteiger partial charge in [-0.15, -0.1) is 0 Å². The predicted molar refractivity (Wildman–Crippen MR) is 66.2 cm³/mol. The van der Waals surface area contributed by atoms with Crippen molar-refractivity contribution in [2.75, 3.05) is 6.54 Å². The van der Waals surface area contributed by atoms with Crippen LogP contribution in [0.3, 0.4) is 0 Å². The number of cyclic esters (lactones) is 1. The number of fused-ring (bicyclic) bond motifs is 1. The maximum atomic E-state index is 11.5. The van der Waals surface area contributed by atoms with Crippen LogP contribution in [-0.2, 0) is 16.1 Å². The molecule has 0 amide bonds. The van der Waals surface area contributed by atoms with Crippen molar-refractivity contribution in [2.45, 2.75) is 50.8 Å². The fourth-order valence-electron chi connectivity index (χ4n) is 2.91. The minimum atomic E-state index is -0.134. The van der Waals surface area contributed by atoms with E-state index in [1.54, 1.807) is 0 Å². The molecule has 1 fully saturated rings. The number of aromatic nitrogens is 2. The Morgan fingerprint density at radius 1 is 1.61 bits per heavy atom. The number of nitrogens with zero attached hydrogens (tertiary/aromatic N) is 2. The summed E-state index contributed by atoms with van der Waals surface area (Å²) in [6, 6.07) is -0.134. The lowest BCUT2D eigenvalue weighted by molar-refractivity contribution is -0.142. The third kappa shape index (κ3) is 2.14. The van der Waals surface area contributed by atoms with Crippen molar-refractivity contribution in [2.24, 2.45) is 0 Å². The lowest BCUT2D eigenvalue weighted by Gasteiger charge is -2.24. The molecule has 1 aromatic heterocycles. The normalized spacial score (nSPS) is 31.2. The second kappa shape index (κ2) is 4.72. The van der Waals surface area contributed by atoms with E-state index in [1.807, 2.05) is 19.3 Å². The van der Waals surface area contributed by atoms with Gasteiger partial charge < -0.3 is 14.6 Å². The first-order valence-corrected chi connectivity index (χ1v) is 6.69. The number of hydrogen-bond donors (Lipinski definition) is 1. The highest BCUT2D eigenvalue weighted by Gasteiger charge is 2.32. The van der Waals surface area contributed by atoms with Crippen molar-refractivity contribution in [3.8, 4) is 0 Å². The molecular formula is C13H19N3O2. The largest absolute Gasteiger partial charge is 0.461 e. The van der Waals surface area contributed by atoms with Crippen molar-refractivity contribution >= 4 is 5.97 Å². The standard InChI is InChI=1S/C13H19N3O2/c1-9-7-11(13(17)18-9)15-8-10-3-2-5-16-6-4-14-12(10)16/h4,6,9-11,15H,2-3,5,7-8H2,1H3. The summed E-state index contributed by atoms with van der Waals surface area (Å²) in [7, 11) is 0. The summed E-state index contributed by atoms with van der Waals surface area (Å²) in [5.41, 5.74) is 0. The summed E-state index contributed by atoms with van der Waals surface area (Å²) in [4.78, 5) is 16.0. The first-order valence-electron chi connectivity index (χ1n) is 6.69. The number of carbonyl (C=O) groups excluding carboxylic acids is 1. The van der Waals surface area contributed by atoms with Crippen LogP contribution in [0.25, 0.3) is 0 Å². The van der Waals surface area contributed by atoms with Crippen molar-refractivity contribution < 1.29 is 9.53 Å². The van der Waals surface area contributed by atoms with Crippen molar-refractivity contribution in [1.29, 1.82) is 0 Å². The molecule has 1 aromatic rings. The molecule has 98 valence electrons. The van der Waals surface area contributed by atoms with E-state index < -0.39 is 0 Å². The fourth-order valence-corrected chi connectivity index (χ4v) is 2.91. The van der Waals surface area contributed by atoms with E-state index in [-0.39, 0.29) is 18.1 Å². The number of imidazole rings is 1. The van der Waals surface area contributed by atoms with Gasteiger partial charge in [-0.3, -0.25) is 4.79 Å². The van der Waals surface area contributed by atoms with Gasteiger partial charge in [-0.1, -0.05) is 0 Å². The fraction of sp³-hybridized carbons (Fsp3) is 0.692. The van der Waals surface area contributed by atoms with E-state index in [0.29, 0.717) is 5.92 Å². The van der Waals surface area contributed by atoms with Crippen molar-refractivity contribution in [3.05, 3.63) is 18.2 Å². The van der Waals surface area contributed by atoms with E-state index in [2.05, 4.69) is 14.9 Å². The molecule has 3 rings (SSSR count). The zero-order valence-electron chi connectivity index (χ0n) is 10.6. The second-order valence-corrected chi connectivity index (χ2v) is 5.26. The van der Waals surface area contributed by atoms with Gasteiger partial charge in [0.25, 0.3) is 0 Å². The first-order chi connectivity index (χ1) is 8.74. The monoisotopic (exact) mass is 249 g/mol. The predicted octanol–water partition coefficient (Wildman–Crippen LogP) is 1.05. The Morgan fingerprint density at radius 2 is 2.50 bits per heavy atom. The maximum absolute atomic E-state index is 11.5. The van der Waals surface area contributed by atoms with Crippen molar-refractivity contribution in [3.63, 3.8) is 0 Å². The molecule has 18 heavy (non-hydrogen) atoms. The number of nitrogens with one attached hydrogen (secondary N) is 1. The topological polar surface area (TPSA) is 56.2 Å². The molecule has 5 nitrogen and oxygen atoms in total. The number of carbonyl (C=O) groups is 1. The third-order valence-corrected chi connectivity index (χ3v) is 3.84. The average molecular weight is 249 g/mol. The number of esters is 1. The van der Waals surface area contributed by atoms with E-state index in [1.165, 1.54) is 6.42 Å². The van der Waals surface area contributed by atoms with Crippen LogP contribution < -0.4 is 5.32 Å². The van der Waals surface area contributed by atoms with Gasteiger partial charge in [0.05, 0.1) is 0 Å². The maximum Gasteiger partial charge on any atom is 0.323 e. The van der Waals surface area contributed by atoms with Crippen LogP contribution in [0.5, 0.6) is 0 Å². The van der Waals surface area contributed by atoms with Gasteiger partial charge in [0, 0.05) is 37.8 Å². The van der Waals surface area contributed by atoms with Gasteiger partial charge in [-0.25, -0.2) is 4.98 Å². The molecule has 2 aliphatic rings. The first kappa shape index (κ1) is 11.7. The third-order valence-electron chi connectivity index (χ3n) is 3.84. The van der Waals surface area contributed by atoms with Gasteiger partial charge in [0.15, 0.2) is 0 Å². The van der Waals surface area contributed by atoms with E-state index in [0.717, 1.165) is 31.8 Å². The van der Waals surface area contributed by atoms with Crippen LogP contribution >= 0.6 is 0 Å². The molecule has 2 aliphatic heterocycles. The molecule has 0 radical (unpaired) electrons. The number of hydrogen-bond acceptors (Lipinski definition) is 4. The summed E-state index contributed by atoms with van der Waals surface area (Å²) < 4.78 is 7.36. The number of rotatable bonds is 3. The summed E-state index contributed by atoms with van der Waals surface area (Å²) in [5.74, 6) is 1.45. The Balaban J connectivity index is 1.60. The van der Waals surface area contributed by atoms with Gasteiger partial charge in [-0.05, 0) is 19.8 Å². The van der Waals surface area contributed by atoms with Crippen LogP contribution in [-0.4, -0.2) is 34.2 Å². The van der Waals surface area contributed by atoms with Gasteiger partial charge >= 0.3 is 5.97 Å². The summed E-state index contributed by atoms with van der Waals surface area (Å²) in [6.07, 6.45) is 7.04. The Hall–Kier alpha value is -1.36. The molecule has 1 N–H and O–H groups in total. The SMILES string of the molecule is CC1CC(NCC2CCCn3ccnc32)C(=O)O1. The van der Waals surface area contributed by atoms with Crippen LogP contribution in [0, 0.1) is 0 Å². The molecule has 0 aromatic carbocycles. The second-order valence-electron chi connectivity index (χ2n) is 5.26. The van der Waals surface area contributed by atoms with E-state index in [4.69, 9.17) is 4.74 Å². The summed E-state index contributed by atoms with van der Waals surface area (Å²) >= 11 is 0. The summed E-state index contributed by atoms with van der Waals surface area (Å²) in [5, 5.41) is 3.33. The van der Waals surface area contributed by atoms with Gasteiger partial charge in [0.1, 0.15) is 18.0 Å². The molecule has 0 spiro atoms. The number of aryl methyl sites for hydroxylation is 1. The molecule has 3 heterocycles. The molecular weight excluding hydrogens is 230 g/mol. The quantitative estimate of drug-likeness (QED) is 0.814. The van der Waals surface area contributed by atoms with E-state index >= 15 is 0 Å². The molecule has 3 atom stereocenters. The number of ether oxygens (including phenoxy) is 1. The Labute approximate surface area is 107 Å². The Bertz CT molecular complexity index is 443. The van der Waals surface area contributed by atoms with Gasteiger partial charge in [0.2, 0.25) is 0 Å². The highest BCUT2D eigenvalue weighted by atomic mass is 16.6. The molecule has 1 saturated heterocycles. The molecule has 0 saturated carbocycles. The zero-order chi connectivity index (χ0) is 12.5. The van der Waals surface area contributed by atoms with Gasteiger partial charge in [-0.2, -0.15) is 0 Å². The highest BCUT2D eigenvalue weighted by molar-refractivity contribution is 5.77. The minimum Gasteiger partial charge on any atom is -0.461 e. The van der Waals surface area contributed by atoms with Crippen LogP contribution in [0.15, 0.2) is 12.4 Å². The lowest BCUT2D eigenvalue weighted by atomic mass is 9.98. The highest BCUT2D eigenvalue weighted by Crippen LogP contribution is 2.25. The molecule has 3 unspecified atom stereocenters. The van der Waals surface area contributed by atoms with Crippen molar-refractivity contribution in [1.82, 2.24) is 14.9 Å².